The maximum atomic E-state index is 8.97. The van der Waals surface area contributed by atoms with Crippen molar-refractivity contribution in [3.63, 3.8) is 0 Å². The van der Waals surface area contributed by atoms with Crippen LogP contribution in [0.3, 0.4) is 0 Å². The molecule has 0 fully saturated rings. The van der Waals surface area contributed by atoms with Crippen molar-refractivity contribution in [1.29, 1.82) is 0 Å². The SMILES string of the molecule is C=CC.C=CC.C=CC.CCOC(C)C(CO)(CO)CO. The molecular weight excluding hydrogens is 268 g/mol. The fraction of sp³-hybridized carbons (Fsp3) is 0.647. The van der Waals surface area contributed by atoms with E-state index >= 15 is 0 Å². The van der Waals surface area contributed by atoms with Crippen LogP contribution in [0.4, 0.5) is 0 Å². The third kappa shape index (κ3) is 19.1. The van der Waals surface area contributed by atoms with E-state index in [1.807, 2.05) is 27.7 Å². The molecule has 128 valence electrons. The fourth-order valence-electron chi connectivity index (χ4n) is 0.962. The molecule has 0 spiro atoms. The van der Waals surface area contributed by atoms with E-state index in [9.17, 15) is 0 Å². The van der Waals surface area contributed by atoms with Gasteiger partial charge in [0.2, 0.25) is 0 Å². The monoisotopic (exact) mass is 304 g/mol. The van der Waals surface area contributed by atoms with Crippen molar-refractivity contribution in [3.8, 4) is 0 Å². The molecule has 0 aromatic carbocycles. The molecule has 3 N–H and O–H groups in total. The highest BCUT2D eigenvalue weighted by Crippen LogP contribution is 2.22. The van der Waals surface area contributed by atoms with E-state index in [0.29, 0.717) is 6.61 Å². The number of rotatable bonds is 6. The van der Waals surface area contributed by atoms with Gasteiger partial charge in [0.25, 0.3) is 0 Å². The van der Waals surface area contributed by atoms with Crippen molar-refractivity contribution < 1.29 is 20.1 Å². The molecule has 0 aliphatic rings. The molecule has 0 aromatic rings. The number of aliphatic hydroxyl groups is 3. The lowest BCUT2D eigenvalue weighted by molar-refractivity contribution is -0.102. The standard InChI is InChI=1S/C8H18O4.3C3H6/c1-3-12-7(2)8(4-9,5-10)6-11;3*1-3-2/h7,9-11H,3-6H2,1-2H3;3*3H,1H2,2H3. The second kappa shape index (κ2) is 24.1. The summed E-state index contributed by atoms with van der Waals surface area (Å²) in [4.78, 5) is 0. The van der Waals surface area contributed by atoms with Crippen LogP contribution in [0.5, 0.6) is 0 Å². The lowest BCUT2D eigenvalue weighted by atomic mass is 9.85. The quantitative estimate of drug-likeness (QED) is 0.660. The average molecular weight is 304 g/mol. The minimum absolute atomic E-state index is 0.277. The Morgan fingerprint density at radius 1 is 0.905 bits per heavy atom. The highest BCUT2D eigenvalue weighted by atomic mass is 16.5. The molecule has 0 aliphatic carbocycles. The maximum absolute atomic E-state index is 8.97. The van der Waals surface area contributed by atoms with Crippen molar-refractivity contribution in [3.05, 3.63) is 38.0 Å². The molecule has 21 heavy (non-hydrogen) atoms. The molecule has 0 saturated carbocycles. The first-order valence-electron chi connectivity index (χ1n) is 7.06. The van der Waals surface area contributed by atoms with Crippen LogP contribution in [-0.4, -0.2) is 47.9 Å². The van der Waals surface area contributed by atoms with Gasteiger partial charge in [-0.15, -0.1) is 19.7 Å². The van der Waals surface area contributed by atoms with Crippen molar-refractivity contribution in [2.24, 2.45) is 5.41 Å². The van der Waals surface area contributed by atoms with Crippen LogP contribution in [-0.2, 0) is 4.74 Å². The van der Waals surface area contributed by atoms with Gasteiger partial charge in [-0.25, -0.2) is 0 Å². The molecule has 4 heteroatoms. The molecule has 1 atom stereocenters. The molecule has 0 aliphatic heterocycles. The minimum Gasteiger partial charge on any atom is -0.396 e. The Kier molecular flexibility index (Phi) is 32.4. The summed E-state index contributed by atoms with van der Waals surface area (Å²) in [6.07, 6.45) is 4.91. The summed E-state index contributed by atoms with van der Waals surface area (Å²) in [6.45, 7) is 19.0. The van der Waals surface area contributed by atoms with Crippen LogP contribution in [0.1, 0.15) is 34.6 Å². The van der Waals surface area contributed by atoms with Crippen LogP contribution in [0.25, 0.3) is 0 Å². The zero-order valence-electron chi connectivity index (χ0n) is 14.5. The molecule has 1 unspecified atom stereocenters. The van der Waals surface area contributed by atoms with E-state index in [2.05, 4.69) is 19.7 Å². The zero-order valence-corrected chi connectivity index (χ0v) is 14.5. The van der Waals surface area contributed by atoms with Gasteiger partial charge in [-0.3, -0.25) is 0 Å². The van der Waals surface area contributed by atoms with Gasteiger partial charge in [0.1, 0.15) is 0 Å². The van der Waals surface area contributed by atoms with Crippen LogP contribution in [0.2, 0.25) is 0 Å². The van der Waals surface area contributed by atoms with Gasteiger partial charge in [-0.05, 0) is 34.6 Å². The number of hydrogen-bond acceptors (Lipinski definition) is 4. The van der Waals surface area contributed by atoms with Gasteiger partial charge < -0.3 is 20.1 Å². The van der Waals surface area contributed by atoms with Gasteiger partial charge in [0.15, 0.2) is 0 Å². The number of ether oxygens (including phenoxy) is 1. The van der Waals surface area contributed by atoms with E-state index in [1.165, 1.54) is 0 Å². The Balaban J connectivity index is -0.000000132. The van der Waals surface area contributed by atoms with Crippen molar-refractivity contribution >= 4 is 0 Å². The molecule has 0 rings (SSSR count). The largest absolute Gasteiger partial charge is 0.396 e. The molecule has 0 amide bonds. The van der Waals surface area contributed by atoms with Crippen LogP contribution >= 0.6 is 0 Å². The topological polar surface area (TPSA) is 69.9 Å². The predicted octanol–water partition coefficient (Wildman–Crippen LogP) is 2.95. The third-order valence-electron chi connectivity index (χ3n) is 2.22. The highest BCUT2D eigenvalue weighted by Gasteiger charge is 2.35. The molecule has 0 radical (unpaired) electrons. The molecular formula is C17H36O4. The summed E-state index contributed by atoms with van der Waals surface area (Å²) in [5.74, 6) is 0. The van der Waals surface area contributed by atoms with Gasteiger partial charge in [0.05, 0.1) is 31.3 Å². The minimum atomic E-state index is -0.921. The summed E-state index contributed by atoms with van der Waals surface area (Å²) in [5, 5.41) is 26.9. The summed E-state index contributed by atoms with van der Waals surface area (Å²) in [6, 6.07) is 0. The number of aliphatic hydroxyl groups excluding tert-OH is 3. The summed E-state index contributed by atoms with van der Waals surface area (Å²) in [5.41, 5.74) is -0.921. The Morgan fingerprint density at radius 2 is 1.14 bits per heavy atom. The fourth-order valence-corrected chi connectivity index (χ4v) is 0.962. The lowest BCUT2D eigenvalue weighted by Crippen LogP contribution is -2.45. The van der Waals surface area contributed by atoms with E-state index < -0.39 is 5.41 Å². The lowest BCUT2D eigenvalue weighted by Gasteiger charge is -2.33. The Bertz CT molecular complexity index is 188. The molecule has 0 saturated heterocycles. The summed E-state index contributed by atoms with van der Waals surface area (Å²) >= 11 is 0. The van der Waals surface area contributed by atoms with Gasteiger partial charge in [-0.1, -0.05) is 18.2 Å². The highest BCUT2D eigenvalue weighted by molar-refractivity contribution is 4.83. The summed E-state index contributed by atoms with van der Waals surface area (Å²) in [7, 11) is 0. The Labute approximate surface area is 131 Å². The Hall–Kier alpha value is -0.940. The third-order valence-corrected chi connectivity index (χ3v) is 2.22. The predicted molar refractivity (Wildman–Crippen MR) is 92.4 cm³/mol. The van der Waals surface area contributed by atoms with E-state index in [1.54, 1.807) is 25.2 Å². The number of hydrogen-bond donors (Lipinski definition) is 3. The van der Waals surface area contributed by atoms with Gasteiger partial charge in [-0.2, -0.15) is 0 Å². The maximum Gasteiger partial charge on any atom is 0.0669 e. The molecule has 0 bridgehead atoms. The van der Waals surface area contributed by atoms with Crippen molar-refractivity contribution in [2.45, 2.75) is 40.7 Å². The molecule has 0 heterocycles. The second-order valence-corrected chi connectivity index (χ2v) is 4.16. The second-order valence-electron chi connectivity index (χ2n) is 4.16. The van der Waals surface area contributed by atoms with Crippen LogP contribution < -0.4 is 0 Å². The van der Waals surface area contributed by atoms with E-state index in [4.69, 9.17) is 20.1 Å². The molecule has 0 aromatic heterocycles. The van der Waals surface area contributed by atoms with Crippen LogP contribution in [0, 0.1) is 5.41 Å². The summed E-state index contributed by atoms with van der Waals surface area (Å²) < 4.78 is 5.20. The van der Waals surface area contributed by atoms with Gasteiger partial charge in [0, 0.05) is 6.61 Å². The zero-order chi connectivity index (χ0) is 17.7. The normalized spacial score (nSPS) is 10.3. The Morgan fingerprint density at radius 3 is 1.29 bits per heavy atom. The van der Waals surface area contributed by atoms with Gasteiger partial charge >= 0.3 is 0 Å². The number of allylic oxidation sites excluding steroid dienone is 3. The van der Waals surface area contributed by atoms with Crippen LogP contribution in [0.15, 0.2) is 38.0 Å². The van der Waals surface area contributed by atoms with E-state index in [-0.39, 0.29) is 25.9 Å². The first kappa shape index (κ1) is 28.3. The molecule has 4 nitrogen and oxygen atoms in total. The first-order valence-corrected chi connectivity index (χ1v) is 7.06. The smallest absolute Gasteiger partial charge is 0.0669 e. The van der Waals surface area contributed by atoms with Crippen molar-refractivity contribution in [2.75, 3.05) is 26.4 Å². The first-order chi connectivity index (χ1) is 9.91. The van der Waals surface area contributed by atoms with E-state index in [0.717, 1.165) is 0 Å². The average Bonchev–Trinajstić information content (AvgIpc) is 2.44. The van der Waals surface area contributed by atoms with Crippen molar-refractivity contribution in [1.82, 2.24) is 0 Å².